The number of ether oxygens (including phenoxy) is 3. The van der Waals surface area contributed by atoms with Crippen molar-refractivity contribution in [3.8, 4) is 11.5 Å². The number of anilines is 1. The first kappa shape index (κ1) is 20.2. The minimum absolute atomic E-state index is 0.0315. The molecule has 0 atom stereocenters. The normalized spacial score (nSPS) is 10.0. The van der Waals surface area contributed by atoms with Crippen LogP contribution < -0.4 is 20.1 Å². The molecule has 1 aromatic carbocycles. The molecule has 9 heteroatoms. The Labute approximate surface area is 160 Å². The predicted molar refractivity (Wildman–Crippen MR) is 100 cm³/mol. The highest BCUT2D eigenvalue weighted by Crippen LogP contribution is 2.28. The summed E-state index contributed by atoms with van der Waals surface area (Å²) in [5.41, 5.74) is 0.433. The quantitative estimate of drug-likeness (QED) is 0.634. The molecule has 0 spiro atoms. The number of carbonyl (C=O) groups excluding carboxylic acids is 3. The van der Waals surface area contributed by atoms with Gasteiger partial charge in [0.15, 0.2) is 6.61 Å². The number of hydrogen-bond acceptors (Lipinski definition) is 7. The van der Waals surface area contributed by atoms with Gasteiger partial charge in [-0.15, -0.1) is 11.3 Å². The Morgan fingerprint density at radius 2 is 1.93 bits per heavy atom. The number of methoxy groups -OCH3 is 2. The molecule has 0 aliphatic carbocycles. The summed E-state index contributed by atoms with van der Waals surface area (Å²) in [6.07, 6.45) is -0.0315. The molecule has 0 saturated heterocycles. The highest BCUT2D eigenvalue weighted by atomic mass is 32.1. The molecule has 0 aliphatic rings. The van der Waals surface area contributed by atoms with Crippen molar-refractivity contribution >= 4 is 34.8 Å². The Morgan fingerprint density at radius 1 is 1.11 bits per heavy atom. The number of esters is 1. The van der Waals surface area contributed by atoms with Crippen molar-refractivity contribution in [2.24, 2.45) is 0 Å². The number of rotatable bonds is 9. The smallest absolute Gasteiger partial charge is 0.308 e. The third-order valence-corrected chi connectivity index (χ3v) is 4.28. The zero-order chi connectivity index (χ0) is 19.6. The lowest BCUT2D eigenvalue weighted by Crippen LogP contribution is -2.27. The Hall–Kier alpha value is -3.07. The zero-order valence-electron chi connectivity index (χ0n) is 14.9. The third-order valence-electron chi connectivity index (χ3n) is 3.41. The molecular formula is C18H20N2O6S. The summed E-state index contributed by atoms with van der Waals surface area (Å²) in [5, 5.41) is 7.00. The van der Waals surface area contributed by atoms with Gasteiger partial charge in [-0.05, 0) is 23.6 Å². The van der Waals surface area contributed by atoms with Crippen LogP contribution in [0.4, 0.5) is 5.69 Å². The van der Waals surface area contributed by atoms with Crippen LogP contribution in [-0.4, -0.2) is 45.2 Å². The van der Waals surface area contributed by atoms with E-state index < -0.39 is 18.5 Å². The second kappa shape index (κ2) is 10.2. The van der Waals surface area contributed by atoms with E-state index in [1.165, 1.54) is 25.6 Å². The van der Waals surface area contributed by atoms with Gasteiger partial charge in [-0.2, -0.15) is 0 Å². The first-order chi connectivity index (χ1) is 13.0. The lowest BCUT2D eigenvalue weighted by atomic mass is 10.2. The predicted octanol–water partition coefficient (Wildman–Crippen LogP) is 2.07. The van der Waals surface area contributed by atoms with Crippen LogP contribution >= 0.6 is 11.3 Å². The molecule has 1 aromatic heterocycles. The zero-order valence-corrected chi connectivity index (χ0v) is 15.8. The summed E-state index contributed by atoms with van der Waals surface area (Å²) in [4.78, 5) is 35.9. The number of amides is 2. The number of benzene rings is 1. The minimum atomic E-state index is -0.585. The Balaban J connectivity index is 1.72. The number of nitrogens with one attached hydrogen (secondary N) is 2. The number of hydrogen-bond donors (Lipinski definition) is 2. The Morgan fingerprint density at radius 3 is 2.59 bits per heavy atom. The average molecular weight is 392 g/mol. The first-order valence-corrected chi connectivity index (χ1v) is 8.90. The van der Waals surface area contributed by atoms with Crippen LogP contribution in [0.1, 0.15) is 16.1 Å². The van der Waals surface area contributed by atoms with Gasteiger partial charge >= 0.3 is 5.97 Å². The molecule has 8 nitrogen and oxygen atoms in total. The molecule has 0 unspecified atom stereocenters. The maximum Gasteiger partial charge on any atom is 0.308 e. The van der Waals surface area contributed by atoms with Crippen molar-refractivity contribution in [1.82, 2.24) is 5.32 Å². The lowest BCUT2D eigenvalue weighted by Gasteiger charge is -2.11. The van der Waals surface area contributed by atoms with Gasteiger partial charge in [0.2, 0.25) is 0 Å². The van der Waals surface area contributed by atoms with Crippen molar-refractivity contribution in [2.45, 2.75) is 6.42 Å². The molecule has 2 rings (SSSR count). The highest BCUT2D eigenvalue weighted by Gasteiger charge is 2.12. The van der Waals surface area contributed by atoms with Crippen LogP contribution in [0.15, 0.2) is 35.7 Å². The maximum atomic E-state index is 11.9. The fourth-order valence-corrected chi connectivity index (χ4v) is 2.72. The van der Waals surface area contributed by atoms with E-state index in [1.54, 1.807) is 35.7 Å². The molecule has 2 aromatic rings. The molecule has 0 aliphatic heterocycles. The summed E-state index contributed by atoms with van der Waals surface area (Å²) in [7, 11) is 2.99. The van der Waals surface area contributed by atoms with E-state index in [0.29, 0.717) is 22.1 Å². The summed E-state index contributed by atoms with van der Waals surface area (Å²) in [5.74, 6) is -0.332. The van der Waals surface area contributed by atoms with Crippen molar-refractivity contribution in [3.05, 3.63) is 40.6 Å². The van der Waals surface area contributed by atoms with Gasteiger partial charge < -0.3 is 24.8 Å². The Kier molecular flexibility index (Phi) is 7.63. The highest BCUT2D eigenvalue weighted by molar-refractivity contribution is 7.12. The van der Waals surface area contributed by atoms with Crippen LogP contribution in [0.2, 0.25) is 0 Å². The molecule has 2 N–H and O–H groups in total. The fraction of sp³-hybridized carbons (Fsp3) is 0.278. The summed E-state index contributed by atoms with van der Waals surface area (Å²) >= 11 is 1.31. The van der Waals surface area contributed by atoms with Gasteiger partial charge in [-0.25, -0.2) is 0 Å². The molecule has 144 valence electrons. The van der Waals surface area contributed by atoms with Crippen LogP contribution in [-0.2, 0) is 14.3 Å². The van der Waals surface area contributed by atoms with E-state index in [2.05, 4.69) is 10.6 Å². The van der Waals surface area contributed by atoms with E-state index in [9.17, 15) is 14.4 Å². The molecule has 0 fully saturated rings. The lowest BCUT2D eigenvalue weighted by molar-refractivity contribution is -0.147. The second-order valence-corrected chi connectivity index (χ2v) is 6.21. The number of thiophene rings is 1. The molecule has 0 bridgehead atoms. The molecule has 2 amide bonds. The number of carbonyl (C=O) groups is 3. The van der Waals surface area contributed by atoms with Gasteiger partial charge in [0.1, 0.15) is 11.5 Å². The summed E-state index contributed by atoms with van der Waals surface area (Å²) in [6.45, 7) is -0.309. The molecular weight excluding hydrogens is 372 g/mol. The summed E-state index contributed by atoms with van der Waals surface area (Å²) in [6, 6.07) is 8.37. The minimum Gasteiger partial charge on any atom is -0.497 e. The summed E-state index contributed by atoms with van der Waals surface area (Å²) < 4.78 is 15.2. The molecule has 27 heavy (non-hydrogen) atoms. The van der Waals surface area contributed by atoms with Crippen molar-refractivity contribution in [2.75, 3.05) is 32.7 Å². The van der Waals surface area contributed by atoms with Crippen LogP contribution in [0, 0.1) is 0 Å². The van der Waals surface area contributed by atoms with Gasteiger partial charge in [0.05, 0.1) is 31.2 Å². The van der Waals surface area contributed by atoms with Crippen molar-refractivity contribution in [1.29, 1.82) is 0 Å². The van der Waals surface area contributed by atoms with Crippen LogP contribution in [0.25, 0.3) is 0 Å². The second-order valence-electron chi connectivity index (χ2n) is 5.26. The van der Waals surface area contributed by atoms with Gasteiger partial charge in [-0.3, -0.25) is 14.4 Å². The van der Waals surface area contributed by atoms with E-state index in [4.69, 9.17) is 14.2 Å². The largest absolute Gasteiger partial charge is 0.497 e. The van der Waals surface area contributed by atoms with Gasteiger partial charge in [0, 0.05) is 12.6 Å². The van der Waals surface area contributed by atoms with Crippen LogP contribution in [0.5, 0.6) is 11.5 Å². The van der Waals surface area contributed by atoms with Crippen molar-refractivity contribution in [3.63, 3.8) is 0 Å². The first-order valence-electron chi connectivity index (χ1n) is 8.02. The topological polar surface area (TPSA) is 103 Å². The molecule has 0 saturated carbocycles. The van der Waals surface area contributed by atoms with Gasteiger partial charge in [-0.1, -0.05) is 6.07 Å². The third kappa shape index (κ3) is 6.30. The van der Waals surface area contributed by atoms with E-state index in [0.717, 1.165) is 0 Å². The van der Waals surface area contributed by atoms with Crippen LogP contribution in [0.3, 0.4) is 0 Å². The monoisotopic (exact) mass is 392 g/mol. The van der Waals surface area contributed by atoms with E-state index in [1.807, 2.05) is 0 Å². The van der Waals surface area contributed by atoms with E-state index >= 15 is 0 Å². The van der Waals surface area contributed by atoms with E-state index in [-0.39, 0.29) is 18.9 Å². The fourth-order valence-electron chi connectivity index (χ4n) is 2.08. The average Bonchev–Trinajstić information content (AvgIpc) is 3.21. The Bertz CT molecular complexity index is 791. The molecule has 0 radical (unpaired) electrons. The standard InChI is InChI=1S/C18H20N2O6S/c1-24-12-5-6-13(14(10-12)25-2)20-16(21)11-26-17(22)7-8-19-18(23)15-4-3-9-27-15/h3-6,9-10H,7-8,11H2,1-2H3,(H,19,23)(H,20,21). The maximum absolute atomic E-state index is 11.9. The molecule has 1 heterocycles. The van der Waals surface area contributed by atoms with Crippen molar-refractivity contribution < 1.29 is 28.6 Å². The van der Waals surface area contributed by atoms with Gasteiger partial charge in [0.25, 0.3) is 11.8 Å². The SMILES string of the molecule is COc1ccc(NC(=O)COC(=O)CCNC(=O)c2cccs2)c(OC)c1.